The molecule has 2 aromatic rings. The Morgan fingerprint density at radius 2 is 2.21 bits per heavy atom. The van der Waals surface area contributed by atoms with E-state index in [1.807, 2.05) is 24.0 Å². The standard InChI is InChI=1S/C15H20N4/c1-11-13(8-17-18(11)2)9-19-7-6-12-4-3-5-15(16)14(12)10-19/h3-5,8H,6-7,9-10,16H2,1-2H3. The van der Waals surface area contributed by atoms with Gasteiger partial charge in [-0.1, -0.05) is 12.1 Å². The molecule has 0 saturated heterocycles. The van der Waals surface area contributed by atoms with Crippen LogP contribution in [0.15, 0.2) is 24.4 Å². The van der Waals surface area contributed by atoms with Gasteiger partial charge in [-0.2, -0.15) is 5.10 Å². The molecule has 2 N–H and O–H groups in total. The van der Waals surface area contributed by atoms with Crippen LogP contribution in [0.1, 0.15) is 22.4 Å². The highest BCUT2D eigenvalue weighted by Gasteiger charge is 2.19. The lowest BCUT2D eigenvalue weighted by Gasteiger charge is -2.29. The van der Waals surface area contributed by atoms with E-state index in [1.54, 1.807) is 0 Å². The molecule has 1 aromatic heterocycles. The zero-order valence-electron chi connectivity index (χ0n) is 11.6. The third-order valence-electron chi connectivity index (χ3n) is 4.12. The number of anilines is 1. The summed E-state index contributed by atoms with van der Waals surface area (Å²) in [6.07, 6.45) is 3.05. The van der Waals surface area contributed by atoms with Crippen molar-refractivity contribution in [1.29, 1.82) is 0 Å². The van der Waals surface area contributed by atoms with Crippen LogP contribution in [0.2, 0.25) is 0 Å². The van der Waals surface area contributed by atoms with Crippen molar-refractivity contribution in [2.45, 2.75) is 26.4 Å². The molecule has 1 aliphatic heterocycles. The molecule has 0 fully saturated rings. The number of nitrogens with zero attached hydrogens (tertiary/aromatic N) is 3. The van der Waals surface area contributed by atoms with Crippen LogP contribution in [0.3, 0.4) is 0 Å². The van der Waals surface area contributed by atoms with Crippen LogP contribution >= 0.6 is 0 Å². The van der Waals surface area contributed by atoms with Gasteiger partial charge in [-0.15, -0.1) is 0 Å². The monoisotopic (exact) mass is 256 g/mol. The van der Waals surface area contributed by atoms with Gasteiger partial charge in [0.1, 0.15) is 0 Å². The molecule has 0 spiro atoms. The summed E-state index contributed by atoms with van der Waals surface area (Å²) >= 11 is 0. The van der Waals surface area contributed by atoms with Gasteiger partial charge in [-0.25, -0.2) is 0 Å². The SMILES string of the molecule is Cc1c(CN2CCc3cccc(N)c3C2)cnn1C. The molecule has 2 heterocycles. The fraction of sp³-hybridized carbons (Fsp3) is 0.400. The molecule has 0 atom stereocenters. The highest BCUT2D eigenvalue weighted by molar-refractivity contribution is 5.51. The van der Waals surface area contributed by atoms with Crippen LogP contribution < -0.4 is 5.73 Å². The van der Waals surface area contributed by atoms with Crippen LogP contribution in [-0.2, 0) is 26.6 Å². The van der Waals surface area contributed by atoms with Crippen LogP contribution in [0.4, 0.5) is 5.69 Å². The molecule has 100 valence electrons. The third-order valence-corrected chi connectivity index (χ3v) is 4.12. The van der Waals surface area contributed by atoms with Crippen LogP contribution in [0.25, 0.3) is 0 Å². The first-order chi connectivity index (χ1) is 9.15. The van der Waals surface area contributed by atoms with Crippen molar-refractivity contribution in [2.75, 3.05) is 12.3 Å². The minimum atomic E-state index is 0.921. The van der Waals surface area contributed by atoms with Crippen molar-refractivity contribution < 1.29 is 0 Å². The topological polar surface area (TPSA) is 47.1 Å². The van der Waals surface area contributed by atoms with E-state index in [4.69, 9.17) is 5.73 Å². The van der Waals surface area contributed by atoms with E-state index >= 15 is 0 Å². The van der Waals surface area contributed by atoms with Gasteiger partial charge in [0, 0.05) is 43.6 Å². The number of rotatable bonds is 2. The number of benzene rings is 1. The Bertz CT molecular complexity index is 600. The van der Waals surface area contributed by atoms with E-state index in [9.17, 15) is 0 Å². The molecular formula is C15H20N4. The number of nitrogens with two attached hydrogens (primary N) is 1. The summed E-state index contributed by atoms with van der Waals surface area (Å²) in [6, 6.07) is 6.24. The fourth-order valence-electron chi connectivity index (χ4n) is 2.74. The van der Waals surface area contributed by atoms with Crippen molar-refractivity contribution in [3.05, 3.63) is 46.8 Å². The lowest BCUT2D eigenvalue weighted by molar-refractivity contribution is 0.245. The van der Waals surface area contributed by atoms with Crippen molar-refractivity contribution in [3.8, 4) is 0 Å². The third kappa shape index (κ3) is 2.24. The molecule has 0 radical (unpaired) electrons. The molecule has 0 amide bonds. The summed E-state index contributed by atoms with van der Waals surface area (Å²) in [5, 5.41) is 4.31. The molecule has 4 heteroatoms. The Balaban J connectivity index is 1.79. The van der Waals surface area contributed by atoms with Gasteiger partial charge in [-0.05, 0) is 30.5 Å². The molecule has 4 nitrogen and oxygen atoms in total. The second-order valence-corrected chi connectivity index (χ2v) is 5.32. The Labute approximate surface area is 113 Å². The quantitative estimate of drug-likeness (QED) is 0.834. The summed E-state index contributed by atoms with van der Waals surface area (Å²) in [5.41, 5.74) is 12.3. The van der Waals surface area contributed by atoms with Crippen molar-refractivity contribution in [1.82, 2.24) is 14.7 Å². The Hall–Kier alpha value is -1.81. The molecule has 0 aliphatic carbocycles. The molecule has 3 rings (SSSR count). The molecule has 19 heavy (non-hydrogen) atoms. The van der Waals surface area contributed by atoms with Crippen molar-refractivity contribution in [3.63, 3.8) is 0 Å². The minimum absolute atomic E-state index is 0.921. The maximum absolute atomic E-state index is 6.09. The van der Waals surface area contributed by atoms with Crippen molar-refractivity contribution in [2.24, 2.45) is 7.05 Å². The predicted octanol–water partition coefficient (Wildman–Crippen LogP) is 1.87. The number of aromatic nitrogens is 2. The van der Waals surface area contributed by atoms with E-state index in [0.717, 1.165) is 31.7 Å². The first-order valence-electron chi connectivity index (χ1n) is 6.71. The van der Waals surface area contributed by atoms with Gasteiger partial charge in [-0.3, -0.25) is 9.58 Å². The second kappa shape index (κ2) is 4.70. The zero-order valence-corrected chi connectivity index (χ0v) is 11.6. The number of aryl methyl sites for hydroxylation is 1. The Morgan fingerprint density at radius 1 is 1.37 bits per heavy atom. The molecule has 0 unspecified atom stereocenters. The van der Waals surface area contributed by atoms with E-state index in [-0.39, 0.29) is 0 Å². The van der Waals surface area contributed by atoms with Gasteiger partial charge in [0.15, 0.2) is 0 Å². The lowest BCUT2D eigenvalue weighted by atomic mass is 9.98. The fourth-order valence-corrected chi connectivity index (χ4v) is 2.74. The van der Waals surface area contributed by atoms with Gasteiger partial charge >= 0.3 is 0 Å². The van der Waals surface area contributed by atoms with Crippen LogP contribution in [0, 0.1) is 6.92 Å². The largest absolute Gasteiger partial charge is 0.398 e. The minimum Gasteiger partial charge on any atom is -0.398 e. The van der Waals surface area contributed by atoms with Crippen LogP contribution in [-0.4, -0.2) is 21.2 Å². The van der Waals surface area contributed by atoms with Gasteiger partial charge in [0.25, 0.3) is 0 Å². The Kier molecular flexibility index (Phi) is 3.03. The van der Waals surface area contributed by atoms with Gasteiger partial charge in [0.2, 0.25) is 0 Å². The van der Waals surface area contributed by atoms with E-state index < -0.39 is 0 Å². The molecule has 0 bridgehead atoms. The smallest absolute Gasteiger partial charge is 0.0537 e. The maximum Gasteiger partial charge on any atom is 0.0537 e. The first-order valence-corrected chi connectivity index (χ1v) is 6.71. The zero-order chi connectivity index (χ0) is 13.4. The molecular weight excluding hydrogens is 236 g/mol. The summed E-state index contributed by atoms with van der Waals surface area (Å²) in [6.45, 7) is 5.10. The van der Waals surface area contributed by atoms with E-state index in [2.05, 4.69) is 29.1 Å². The highest BCUT2D eigenvalue weighted by Crippen LogP contribution is 2.25. The van der Waals surface area contributed by atoms with Crippen LogP contribution in [0.5, 0.6) is 0 Å². The summed E-state index contributed by atoms with van der Waals surface area (Å²) in [5.74, 6) is 0. The second-order valence-electron chi connectivity index (χ2n) is 5.32. The summed E-state index contributed by atoms with van der Waals surface area (Å²) in [4.78, 5) is 2.45. The number of hydrogen-bond donors (Lipinski definition) is 1. The molecule has 0 saturated carbocycles. The lowest BCUT2D eigenvalue weighted by Crippen LogP contribution is -2.30. The number of nitrogen functional groups attached to an aromatic ring is 1. The van der Waals surface area contributed by atoms with Crippen molar-refractivity contribution >= 4 is 5.69 Å². The Morgan fingerprint density at radius 3 is 2.95 bits per heavy atom. The summed E-state index contributed by atoms with van der Waals surface area (Å²) in [7, 11) is 1.99. The predicted molar refractivity (Wildman–Crippen MR) is 76.6 cm³/mol. The first kappa shape index (κ1) is 12.2. The van der Waals surface area contributed by atoms with E-state index in [1.165, 1.54) is 22.4 Å². The average molecular weight is 256 g/mol. The van der Waals surface area contributed by atoms with Gasteiger partial charge < -0.3 is 5.73 Å². The summed E-state index contributed by atoms with van der Waals surface area (Å²) < 4.78 is 1.93. The number of hydrogen-bond acceptors (Lipinski definition) is 3. The average Bonchev–Trinajstić information content (AvgIpc) is 2.72. The molecule has 1 aliphatic rings. The van der Waals surface area contributed by atoms with Gasteiger partial charge in [0.05, 0.1) is 6.20 Å². The van der Waals surface area contributed by atoms with E-state index in [0.29, 0.717) is 0 Å². The number of fused-ring (bicyclic) bond motifs is 1. The maximum atomic E-state index is 6.09. The molecule has 1 aromatic carbocycles. The normalized spacial score (nSPS) is 15.5. The highest BCUT2D eigenvalue weighted by atomic mass is 15.3.